The van der Waals surface area contributed by atoms with Crippen LogP contribution in [0.5, 0.6) is 0 Å². The molecule has 1 aliphatic rings. The van der Waals surface area contributed by atoms with Gasteiger partial charge in [-0.25, -0.2) is 8.78 Å². The third-order valence-corrected chi connectivity index (χ3v) is 3.01. The summed E-state index contributed by atoms with van der Waals surface area (Å²) in [6, 6.07) is 1.75. The van der Waals surface area contributed by atoms with Gasteiger partial charge >= 0.3 is 0 Å². The third kappa shape index (κ3) is 3.18. The first kappa shape index (κ1) is 11.4. The van der Waals surface area contributed by atoms with E-state index < -0.39 is 6.43 Å². The SMILES string of the molecule is FC(F)Cn1ccc(NCC2CCCC2)n1. The summed E-state index contributed by atoms with van der Waals surface area (Å²) in [5.74, 6) is 1.42. The number of nitrogens with zero attached hydrogens (tertiary/aromatic N) is 2. The van der Waals surface area contributed by atoms with Crippen molar-refractivity contribution >= 4 is 5.82 Å². The topological polar surface area (TPSA) is 29.9 Å². The van der Waals surface area contributed by atoms with Crippen molar-refractivity contribution in [1.82, 2.24) is 9.78 Å². The van der Waals surface area contributed by atoms with Crippen LogP contribution in [0.25, 0.3) is 0 Å². The number of nitrogens with one attached hydrogen (secondary N) is 1. The van der Waals surface area contributed by atoms with E-state index in [1.807, 2.05) is 0 Å². The van der Waals surface area contributed by atoms with E-state index in [2.05, 4.69) is 10.4 Å². The predicted octanol–water partition coefficient (Wildman–Crippen LogP) is 2.75. The zero-order valence-electron chi connectivity index (χ0n) is 9.20. The molecule has 0 aliphatic heterocycles. The normalized spacial score (nSPS) is 17.2. The van der Waals surface area contributed by atoms with Crippen molar-refractivity contribution in [2.75, 3.05) is 11.9 Å². The fraction of sp³-hybridized carbons (Fsp3) is 0.727. The van der Waals surface area contributed by atoms with Crippen molar-refractivity contribution in [3.05, 3.63) is 12.3 Å². The number of hydrogen-bond acceptors (Lipinski definition) is 2. The first-order valence-corrected chi connectivity index (χ1v) is 5.79. The Balaban J connectivity index is 1.78. The summed E-state index contributed by atoms with van der Waals surface area (Å²) in [6.07, 6.45) is 4.40. The van der Waals surface area contributed by atoms with Crippen molar-refractivity contribution in [1.29, 1.82) is 0 Å². The first-order chi connectivity index (χ1) is 7.74. The molecule has 16 heavy (non-hydrogen) atoms. The van der Waals surface area contributed by atoms with E-state index in [1.54, 1.807) is 12.3 Å². The van der Waals surface area contributed by atoms with E-state index in [-0.39, 0.29) is 6.54 Å². The summed E-state index contributed by atoms with van der Waals surface area (Å²) < 4.78 is 25.4. The van der Waals surface area contributed by atoms with Crippen LogP contribution in [0, 0.1) is 5.92 Å². The van der Waals surface area contributed by atoms with Crippen LogP contribution < -0.4 is 5.32 Å². The number of rotatable bonds is 5. The Morgan fingerprint density at radius 3 is 2.88 bits per heavy atom. The molecular formula is C11H17F2N3. The molecule has 0 radical (unpaired) electrons. The lowest BCUT2D eigenvalue weighted by atomic mass is 10.1. The van der Waals surface area contributed by atoms with Crippen LogP contribution in [0.4, 0.5) is 14.6 Å². The minimum absolute atomic E-state index is 0.328. The maximum absolute atomic E-state index is 12.1. The van der Waals surface area contributed by atoms with Crippen molar-refractivity contribution in [3.63, 3.8) is 0 Å². The van der Waals surface area contributed by atoms with Crippen LogP contribution in [-0.2, 0) is 6.54 Å². The number of hydrogen-bond donors (Lipinski definition) is 1. The molecule has 5 heteroatoms. The molecule has 1 saturated carbocycles. The Labute approximate surface area is 93.8 Å². The Bertz CT molecular complexity index is 319. The highest BCUT2D eigenvalue weighted by Crippen LogP contribution is 2.24. The van der Waals surface area contributed by atoms with Crippen molar-refractivity contribution in [3.8, 4) is 0 Å². The largest absolute Gasteiger partial charge is 0.368 e. The molecule has 0 bridgehead atoms. The Kier molecular flexibility index (Phi) is 3.74. The molecule has 0 amide bonds. The van der Waals surface area contributed by atoms with Crippen LogP contribution in [0.3, 0.4) is 0 Å². The minimum Gasteiger partial charge on any atom is -0.368 e. The average molecular weight is 229 g/mol. The molecule has 1 aliphatic carbocycles. The monoisotopic (exact) mass is 229 g/mol. The van der Waals surface area contributed by atoms with E-state index >= 15 is 0 Å². The van der Waals surface area contributed by atoms with Gasteiger partial charge in [0.25, 0.3) is 6.43 Å². The van der Waals surface area contributed by atoms with E-state index in [1.165, 1.54) is 30.4 Å². The molecule has 1 heterocycles. The molecule has 0 aromatic carbocycles. The maximum Gasteiger partial charge on any atom is 0.257 e. The highest BCUT2D eigenvalue weighted by molar-refractivity contribution is 5.32. The van der Waals surface area contributed by atoms with Gasteiger partial charge in [0.2, 0.25) is 0 Å². The zero-order valence-corrected chi connectivity index (χ0v) is 9.20. The van der Waals surface area contributed by atoms with Gasteiger partial charge in [-0.2, -0.15) is 5.10 Å². The second kappa shape index (κ2) is 5.27. The molecule has 1 aromatic heterocycles. The fourth-order valence-corrected chi connectivity index (χ4v) is 2.16. The second-order valence-corrected chi connectivity index (χ2v) is 4.35. The lowest BCUT2D eigenvalue weighted by Crippen LogP contribution is -2.12. The summed E-state index contributed by atoms with van der Waals surface area (Å²) in [5.41, 5.74) is 0. The van der Waals surface area contributed by atoms with Crippen molar-refractivity contribution in [2.24, 2.45) is 5.92 Å². The Morgan fingerprint density at radius 1 is 1.44 bits per heavy atom. The summed E-state index contributed by atoms with van der Waals surface area (Å²) in [5, 5.41) is 7.24. The summed E-state index contributed by atoms with van der Waals surface area (Å²) >= 11 is 0. The summed E-state index contributed by atoms with van der Waals surface area (Å²) in [4.78, 5) is 0. The predicted molar refractivity (Wildman–Crippen MR) is 58.7 cm³/mol. The molecule has 1 N–H and O–H groups in total. The maximum atomic E-state index is 12.1. The van der Waals surface area contributed by atoms with Crippen LogP contribution >= 0.6 is 0 Å². The molecule has 90 valence electrons. The van der Waals surface area contributed by atoms with Crippen LogP contribution in [0.2, 0.25) is 0 Å². The van der Waals surface area contributed by atoms with E-state index in [4.69, 9.17) is 0 Å². The smallest absolute Gasteiger partial charge is 0.257 e. The van der Waals surface area contributed by atoms with Gasteiger partial charge in [-0.15, -0.1) is 0 Å². The van der Waals surface area contributed by atoms with Crippen LogP contribution in [-0.4, -0.2) is 22.8 Å². The summed E-state index contributed by atoms with van der Waals surface area (Å²) in [7, 11) is 0. The highest BCUT2D eigenvalue weighted by Gasteiger charge is 2.14. The standard InChI is InChI=1S/C11H17F2N3/c12-10(13)8-16-6-5-11(15-16)14-7-9-3-1-2-4-9/h5-6,9-10H,1-4,7-8H2,(H,14,15). The van der Waals surface area contributed by atoms with Crippen LogP contribution in [0.1, 0.15) is 25.7 Å². The van der Waals surface area contributed by atoms with Gasteiger partial charge in [0.1, 0.15) is 12.4 Å². The molecule has 1 aromatic rings. The van der Waals surface area contributed by atoms with Crippen molar-refractivity contribution in [2.45, 2.75) is 38.7 Å². The lowest BCUT2D eigenvalue weighted by molar-refractivity contribution is 0.122. The summed E-state index contributed by atoms with van der Waals surface area (Å²) in [6.45, 7) is 0.580. The van der Waals surface area contributed by atoms with Gasteiger partial charge in [-0.05, 0) is 18.8 Å². The molecule has 2 rings (SSSR count). The second-order valence-electron chi connectivity index (χ2n) is 4.35. The quantitative estimate of drug-likeness (QED) is 0.841. The van der Waals surface area contributed by atoms with E-state index in [0.717, 1.165) is 12.5 Å². The van der Waals surface area contributed by atoms with Gasteiger partial charge < -0.3 is 5.32 Å². The average Bonchev–Trinajstić information content (AvgIpc) is 2.84. The van der Waals surface area contributed by atoms with Crippen LogP contribution in [0.15, 0.2) is 12.3 Å². The van der Waals surface area contributed by atoms with Gasteiger partial charge in [-0.3, -0.25) is 4.68 Å². The number of anilines is 1. The molecule has 0 saturated heterocycles. The molecule has 1 fully saturated rings. The van der Waals surface area contributed by atoms with E-state index in [0.29, 0.717) is 5.82 Å². The van der Waals surface area contributed by atoms with Gasteiger partial charge in [0.05, 0.1) is 0 Å². The molecular weight excluding hydrogens is 212 g/mol. The molecule has 0 unspecified atom stereocenters. The van der Waals surface area contributed by atoms with Gasteiger partial charge in [-0.1, -0.05) is 12.8 Å². The van der Waals surface area contributed by atoms with Crippen molar-refractivity contribution < 1.29 is 8.78 Å². The molecule has 3 nitrogen and oxygen atoms in total. The number of halogens is 2. The fourth-order valence-electron chi connectivity index (χ4n) is 2.16. The third-order valence-electron chi connectivity index (χ3n) is 3.01. The first-order valence-electron chi connectivity index (χ1n) is 5.79. The number of aromatic nitrogens is 2. The highest BCUT2D eigenvalue weighted by atomic mass is 19.3. The molecule has 0 atom stereocenters. The Morgan fingerprint density at radius 2 is 2.19 bits per heavy atom. The van der Waals surface area contributed by atoms with E-state index in [9.17, 15) is 8.78 Å². The zero-order chi connectivity index (χ0) is 11.4. The lowest BCUT2D eigenvalue weighted by Gasteiger charge is -2.09. The minimum atomic E-state index is -2.34. The molecule has 0 spiro atoms. The Hall–Kier alpha value is -1.13. The number of alkyl halides is 2. The van der Waals surface area contributed by atoms with Gasteiger partial charge in [0, 0.05) is 18.8 Å². The van der Waals surface area contributed by atoms with Gasteiger partial charge in [0.15, 0.2) is 0 Å².